The third-order valence-electron chi connectivity index (χ3n) is 2.79. The number of methoxy groups -OCH3 is 1. The van der Waals surface area contributed by atoms with Gasteiger partial charge in [-0.15, -0.1) is 0 Å². The SMILES string of the molecule is COc1cccc2c(=O)n(C(C)(C)C)c(=O)[nH]c12. The third-order valence-corrected chi connectivity index (χ3v) is 2.79. The minimum Gasteiger partial charge on any atom is -0.495 e. The van der Waals surface area contributed by atoms with Gasteiger partial charge in [0.2, 0.25) is 0 Å². The molecule has 2 aromatic rings. The lowest BCUT2D eigenvalue weighted by Gasteiger charge is -2.21. The van der Waals surface area contributed by atoms with Crippen LogP contribution in [-0.2, 0) is 5.54 Å². The number of hydrogen-bond donors (Lipinski definition) is 1. The summed E-state index contributed by atoms with van der Waals surface area (Å²) < 4.78 is 6.36. The van der Waals surface area contributed by atoms with Crippen LogP contribution in [0.4, 0.5) is 0 Å². The van der Waals surface area contributed by atoms with E-state index in [9.17, 15) is 9.59 Å². The van der Waals surface area contributed by atoms with E-state index in [2.05, 4.69) is 4.98 Å². The van der Waals surface area contributed by atoms with E-state index in [1.54, 1.807) is 18.2 Å². The zero-order valence-corrected chi connectivity index (χ0v) is 10.9. The fourth-order valence-corrected chi connectivity index (χ4v) is 1.99. The summed E-state index contributed by atoms with van der Waals surface area (Å²) in [6, 6.07) is 5.12. The number of rotatable bonds is 1. The van der Waals surface area contributed by atoms with Crippen LogP contribution in [-0.4, -0.2) is 16.7 Å². The molecule has 1 aromatic heterocycles. The van der Waals surface area contributed by atoms with E-state index in [0.29, 0.717) is 16.7 Å². The Hall–Kier alpha value is -2.04. The molecule has 0 bridgehead atoms. The van der Waals surface area contributed by atoms with Gasteiger partial charge in [0.1, 0.15) is 5.75 Å². The lowest BCUT2D eigenvalue weighted by Crippen LogP contribution is -2.44. The lowest BCUT2D eigenvalue weighted by molar-refractivity contribution is 0.368. The monoisotopic (exact) mass is 248 g/mol. The number of para-hydroxylation sites is 1. The second-order valence-electron chi connectivity index (χ2n) is 5.12. The van der Waals surface area contributed by atoms with Gasteiger partial charge in [0.05, 0.1) is 18.0 Å². The van der Waals surface area contributed by atoms with E-state index in [-0.39, 0.29) is 5.56 Å². The maximum Gasteiger partial charge on any atom is 0.329 e. The van der Waals surface area contributed by atoms with Crippen molar-refractivity contribution in [3.05, 3.63) is 39.0 Å². The quantitative estimate of drug-likeness (QED) is 0.830. The van der Waals surface area contributed by atoms with Crippen LogP contribution in [0.5, 0.6) is 5.75 Å². The molecule has 96 valence electrons. The van der Waals surface area contributed by atoms with E-state index in [0.717, 1.165) is 0 Å². The molecular weight excluding hydrogens is 232 g/mol. The van der Waals surface area contributed by atoms with Crippen LogP contribution in [0.2, 0.25) is 0 Å². The standard InChI is InChI=1S/C13H16N2O3/c1-13(2,3)15-11(16)8-6-5-7-9(18-4)10(8)14-12(15)17/h5-7H,1-4H3,(H,14,17). The number of H-pyrrole nitrogens is 1. The van der Waals surface area contributed by atoms with Crippen LogP contribution in [0.3, 0.4) is 0 Å². The van der Waals surface area contributed by atoms with Crippen LogP contribution in [0.1, 0.15) is 20.8 Å². The van der Waals surface area contributed by atoms with E-state index in [1.807, 2.05) is 20.8 Å². The Balaban J connectivity index is 2.98. The Kier molecular flexibility index (Phi) is 2.77. The molecule has 1 N–H and O–H groups in total. The molecule has 0 aliphatic rings. The Labute approximate surface area is 104 Å². The van der Waals surface area contributed by atoms with Gasteiger partial charge >= 0.3 is 5.69 Å². The maximum atomic E-state index is 12.4. The summed E-state index contributed by atoms with van der Waals surface area (Å²) in [5.74, 6) is 0.489. The highest BCUT2D eigenvalue weighted by molar-refractivity contribution is 5.83. The van der Waals surface area contributed by atoms with Gasteiger partial charge in [-0.3, -0.25) is 9.36 Å². The highest BCUT2D eigenvalue weighted by Gasteiger charge is 2.20. The molecule has 0 amide bonds. The highest BCUT2D eigenvalue weighted by atomic mass is 16.5. The normalized spacial score (nSPS) is 11.8. The summed E-state index contributed by atoms with van der Waals surface area (Å²) >= 11 is 0. The second kappa shape index (κ2) is 4.01. The van der Waals surface area contributed by atoms with Gasteiger partial charge < -0.3 is 9.72 Å². The van der Waals surface area contributed by atoms with Crippen LogP contribution >= 0.6 is 0 Å². The fraction of sp³-hybridized carbons (Fsp3) is 0.385. The topological polar surface area (TPSA) is 64.1 Å². The van der Waals surface area contributed by atoms with E-state index in [4.69, 9.17) is 4.74 Å². The van der Waals surface area contributed by atoms with E-state index >= 15 is 0 Å². The molecule has 0 aliphatic carbocycles. The molecule has 18 heavy (non-hydrogen) atoms. The number of benzene rings is 1. The Bertz CT molecular complexity index is 705. The fourth-order valence-electron chi connectivity index (χ4n) is 1.99. The minimum atomic E-state index is -0.568. The van der Waals surface area contributed by atoms with Crippen LogP contribution in [0.15, 0.2) is 27.8 Å². The van der Waals surface area contributed by atoms with Gasteiger partial charge in [0, 0.05) is 5.54 Å². The molecule has 1 heterocycles. The number of hydrogen-bond acceptors (Lipinski definition) is 3. The Morgan fingerprint density at radius 2 is 1.89 bits per heavy atom. The molecule has 0 radical (unpaired) electrons. The summed E-state index contributed by atoms with van der Waals surface area (Å²) in [5, 5.41) is 0.448. The molecule has 0 atom stereocenters. The molecule has 2 rings (SSSR count). The first-order valence-electron chi connectivity index (χ1n) is 5.69. The molecular formula is C13H16N2O3. The van der Waals surface area contributed by atoms with Crippen molar-refractivity contribution in [2.75, 3.05) is 7.11 Å². The predicted octanol–water partition coefficient (Wildman–Crippen LogP) is 1.45. The first-order valence-corrected chi connectivity index (χ1v) is 5.69. The van der Waals surface area contributed by atoms with Gasteiger partial charge in [-0.25, -0.2) is 4.79 Å². The molecule has 0 saturated carbocycles. The first-order chi connectivity index (χ1) is 8.36. The van der Waals surface area contributed by atoms with E-state index < -0.39 is 11.2 Å². The van der Waals surface area contributed by atoms with Gasteiger partial charge in [-0.1, -0.05) is 6.07 Å². The summed E-state index contributed by atoms with van der Waals surface area (Å²) in [5.41, 5.74) is -0.859. The molecule has 0 fully saturated rings. The largest absolute Gasteiger partial charge is 0.495 e. The smallest absolute Gasteiger partial charge is 0.329 e. The van der Waals surface area contributed by atoms with Crippen molar-refractivity contribution < 1.29 is 4.74 Å². The van der Waals surface area contributed by atoms with Gasteiger partial charge in [-0.2, -0.15) is 0 Å². The maximum absolute atomic E-state index is 12.4. The molecule has 1 aromatic carbocycles. The predicted molar refractivity (Wildman–Crippen MR) is 70.4 cm³/mol. The van der Waals surface area contributed by atoms with Gasteiger partial charge in [0.25, 0.3) is 5.56 Å². The number of ether oxygens (including phenoxy) is 1. The van der Waals surface area contributed by atoms with Crippen molar-refractivity contribution in [2.24, 2.45) is 0 Å². The summed E-state index contributed by atoms with van der Waals surface area (Å²) in [4.78, 5) is 27.1. The highest BCUT2D eigenvalue weighted by Crippen LogP contribution is 2.20. The average Bonchev–Trinajstić information content (AvgIpc) is 2.26. The Morgan fingerprint density at radius 3 is 2.44 bits per heavy atom. The van der Waals surface area contributed by atoms with Crippen molar-refractivity contribution >= 4 is 10.9 Å². The second-order valence-corrected chi connectivity index (χ2v) is 5.12. The van der Waals surface area contributed by atoms with Crippen LogP contribution in [0.25, 0.3) is 10.9 Å². The molecule has 0 saturated heterocycles. The van der Waals surface area contributed by atoms with Crippen LogP contribution < -0.4 is 16.0 Å². The molecule has 5 nitrogen and oxygen atoms in total. The molecule has 0 unspecified atom stereocenters. The summed E-state index contributed by atoms with van der Waals surface area (Å²) in [7, 11) is 1.50. The number of nitrogens with zero attached hydrogens (tertiary/aromatic N) is 1. The van der Waals surface area contributed by atoms with Gasteiger partial charge in [-0.05, 0) is 32.9 Å². The van der Waals surface area contributed by atoms with E-state index in [1.165, 1.54) is 11.7 Å². The summed E-state index contributed by atoms with van der Waals surface area (Å²) in [6.45, 7) is 5.45. The van der Waals surface area contributed by atoms with Crippen molar-refractivity contribution in [2.45, 2.75) is 26.3 Å². The van der Waals surface area contributed by atoms with Crippen molar-refractivity contribution in [3.63, 3.8) is 0 Å². The van der Waals surface area contributed by atoms with Crippen LogP contribution in [0, 0.1) is 0 Å². The summed E-state index contributed by atoms with van der Waals surface area (Å²) in [6.07, 6.45) is 0. The lowest BCUT2D eigenvalue weighted by atomic mass is 10.1. The van der Waals surface area contributed by atoms with Gasteiger partial charge in [0.15, 0.2) is 0 Å². The zero-order chi connectivity index (χ0) is 13.5. The third kappa shape index (κ3) is 1.81. The Morgan fingerprint density at radius 1 is 1.22 bits per heavy atom. The number of fused-ring (bicyclic) bond motifs is 1. The number of nitrogens with one attached hydrogen (secondary N) is 1. The molecule has 0 aliphatic heterocycles. The van der Waals surface area contributed by atoms with Crippen molar-refractivity contribution in [3.8, 4) is 5.75 Å². The molecule has 0 spiro atoms. The zero-order valence-electron chi connectivity index (χ0n) is 10.9. The van der Waals surface area contributed by atoms with Crippen molar-refractivity contribution in [1.29, 1.82) is 0 Å². The minimum absolute atomic E-state index is 0.305. The van der Waals surface area contributed by atoms with Crippen molar-refractivity contribution in [1.82, 2.24) is 9.55 Å². The number of aromatic nitrogens is 2. The number of aromatic amines is 1. The first kappa shape index (κ1) is 12.4. The molecule has 5 heteroatoms. The average molecular weight is 248 g/mol.